The van der Waals surface area contributed by atoms with Crippen molar-refractivity contribution in [1.29, 1.82) is 0 Å². The number of phenols is 1. The minimum atomic E-state index is -3.97. The molecule has 2 N–H and O–H groups in total. The molecule has 0 bridgehead atoms. The van der Waals surface area contributed by atoms with E-state index in [1.807, 2.05) is 17.9 Å². The van der Waals surface area contributed by atoms with Crippen molar-refractivity contribution in [2.24, 2.45) is 4.40 Å². The number of aromatic hydroxyl groups is 1. The number of carbonyl (C=O) groups is 1. The Hall–Kier alpha value is -2.89. The summed E-state index contributed by atoms with van der Waals surface area (Å²) in [6, 6.07) is 6.50. The number of amidine groups is 1. The predicted molar refractivity (Wildman–Crippen MR) is 136 cm³/mol. The molecule has 192 valence electrons. The van der Waals surface area contributed by atoms with Crippen molar-refractivity contribution in [3.63, 3.8) is 0 Å². The van der Waals surface area contributed by atoms with E-state index in [1.54, 1.807) is 46.6 Å². The monoisotopic (exact) mass is 505 g/mol. The number of anilines is 1. The summed E-state index contributed by atoms with van der Waals surface area (Å²) in [5.74, 6) is 0.256. The zero-order valence-electron chi connectivity index (χ0n) is 21.5. The molecule has 2 aromatic rings. The van der Waals surface area contributed by atoms with E-state index in [1.165, 1.54) is 15.9 Å². The Balaban J connectivity index is 1.99. The number of hydrogen-bond acceptors (Lipinski definition) is 7. The van der Waals surface area contributed by atoms with E-state index in [9.17, 15) is 18.3 Å². The molecule has 1 aliphatic rings. The first-order valence-corrected chi connectivity index (χ1v) is 12.8. The Morgan fingerprint density at radius 3 is 2.43 bits per heavy atom. The van der Waals surface area contributed by atoms with E-state index in [2.05, 4.69) is 29.9 Å². The van der Waals surface area contributed by atoms with E-state index in [0.29, 0.717) is 6.42 Å². The smallest absolute Gasteiger partial charge is 0.323 e. The molecule has 0 aliphatic carbocycles. The standard InChI is InChI=1S/C24H35N5O5S/c1-9-17(19-13-15(14-34-19)24(2,3)4)28(7)21-22(26-35(32,33)25-21)29(8)18-12-10-11-16(20(18)30)23(31)27(5)6/h10-14,17,21,25,30H,9H2,1-8H3/t17-,21?/m1/s1. The van der Waals surface area contributed by atoms with Gasteiger partial charge in [-0.1, -0.05) is 33.8 Å². The Morgan fingerprint density at radius 2 is 1.89 bits per heavy atom. The summed E-state index contributed by atoms with van der Waals surface area (Å²) in [6.45, 7) is 8.28. The van der Waals surface area contributed by atoms with Gasteiger partial charge in [0, 0.05) is 21.1 Å². The first kappa shape index (κ1) is 26.7. The molecule has 0 radical (unpaired) electrons. The number of phenolic OH excluding ortho intramolecular Hbond substituents is 1. The molecule has 0 saturated carbocycles. The van der Waals surface area contributed by atoms with E-state index in [4.69, 9.17) is 4.42 Å². The van der Waals surface area contributed by atoms with Crippen molar-refractivity contribution in [3.05, 3.63) is 47.4 Å². The van der Waals surface area contributed by atoms with Crippen molar-refractivity contribution >= 4 is 27.6 Å². The summed E-state index contributed by atoms with van der Waals surface area (Å²) in [6.07, 6.45) is 1.56. The number of carbonyl (C=O) groups excluding carboxylic acids is 1. The first-order chi connectivity index (χ1) is 16.2. The molecular formula is C24H35N5O5S. The van der Waals surface area contributed by atoms with Gasteiger partial charge in [-0.25, -0.2) is 0 Å². The first-order valence-electron chi connectivity index (χ1n) is 11.4. The van der Waals surface area contributed by atoms with Crippen LogP contribution in [-0.2, 0) is 15.6 Å². The van der Waals surface area contributed by atoms with Crippen molar-refractivity contribution in [1.82, 2.24) is 14.5 Å². The molecule has 11 heteroatoms. The zero-order chi connectivity index (χ0) is 26.3. The van der Waals surface area contributed by atoms with Crippen LogP contribution in [0, 0.1) is 0 Å². The average Bonchev–Trinajstić information content (AvgIpc) is 3.38. The summed E-state index contributed by atoms with van der Waals surface area (Å²) < 4.78 is 37.4. The highest BCUT2D eigenvalue weighted by molar-refractivity contribution is 7.88. The summed E-state index contributed by atoms with van der Waals surface area (Å²) in [5, 5.41) is 10.9. The molecular weight excluding hydrogens is 470 g/mol. The molecule has 1 unspecified atom stereocenters. The van der Waals surface area contributed by atoms with Crippen LogP contribution in [0.2, 0.25) is 0 Å². The van der Waals surface area contributed by atoms with Gasteiger partial charge >= 0.3 is 10.2 Å². The minimum absolute atomic E-state index is 0.0903. The van der Waals surface area contributed by atoms with Crippen LogP contribution >= 0.6 is 0 Å². The van der Waals surface area contributed by atoms with Crippen LogP contribution in [0.25, 0.3) is 0 Å². The highest BCUT2D eigenvalue weighted by atomic mass is 32.2. The fourth-order valence-electron chi connectivity index (χ4n) is 4.03. The highest BCUT2D eigenvalue weighted by Gasteiger charge is 2.40. The molecule has 0 spiro atoms. The number of para-hydroxylation sites is 1. The number of nitrogens with one attached hydrogen (secondary N) is 1. The SMILES string of the molecule is CC[C@H](c1cc(C(C)(C)C)co1)N(C)C1NS(=O)(=O)N=C1N(C)c1cccc(C(=O)N(C)C)c1O. The normalized spacial score (nSPS) is 18.4. The number of hydrogen-bond donors (Lipinski definition) is 2. The van der Waals surface area contributed by atoms with Gasteiger partial charge < -0.3 is 19.3 Å². The van der Waals surface area contributed by atoms with Crippen LogP contribution in [0.1, 0.15) is 61.8 Å². The number of benzene rings is 1. The molecule has 35 heavy (non-hydrogen) atoms. The van der Waals surface area contributed by atoms with Crippen LogP contribution in [-0.4, -0.2) is 69.4 Å². The Morgan fingerprint density at radius 1 is 1.23 bits per heavy atom. The predicted octanol–water partition coefficient (Wildman–Crippen LogP) is 3.08. The summed E-state index contributed by atoms with van der Waals surface area (Å²) in [7, 11) is 2.60. The Kier molecular flexibility index (Phi) is 7.35. The fraction of sp³-hybridized carbons (Fsp3) is 0.500. The van der Waals surface area contributed by atoms with Gasteiger partial charge in [0.1, 0.15) is 11.9 Å². The van der Waals surface area contributed by atoms with Crippen LogP contribution in [0.5, 0.6) is 5.75 Å². The van der Waals surface area contributed by atoms with Gasteiger partial charge in [-0.2, -0.15) is 13.1 Å². The van der Waals surface area contributed by atoms with Crippen molar-refractivity contribution in [2.45, 2.75) is 51.7 Å². The van der Waals surface area contributed by atoms with Gasteiger partial charge in [-0.3, -0.25) is 9.69 Å². The number of amides is 1. The lowest BCUT2D eigenvalue weighted by molar-refractivity contribution is 0.0824. The van der Waals surface area contributed by atoms with Gasteiger partial charge in [0.05, 0.1) is 23.6 Å². The molecule has 1 aromatic carbocycles. The van der Waals surface area contributed by atoms with Crippen molar-refractivity contribution < 1.29 is 22.7 Å². The van der Waals surface area contributed by atoms with Gasteiger partial charge in [0.2, 0.25) is 0 Å². The third-order valence-corrected chi connectivity index (χ3v) is 7.12. The van der Waals surface area contributed by atoms with Crippen LogP contribution in [0.3, 0.4) is 0 Å². The third kappa shape index (κ3) is 5.36. The third-order valence-electron chi connectivity index (χ3n) is 6.17. The largest absolute Gasteiger partial charge is 0.505 e. The Bertz CT molecular complexity index is 1230. The van der Waals surface area contributed by atoms with E-state index in [0.717, 1.165) is 11.3 Å². The van der Waals surface area contributed by atoms with Gasteiger partial charge in [-0.15, -0.1) is 4.40 Å². The zero-order valence-corrected chi connectivity index (χ0v) is 22.3. The number of likely N-dealkylation sites (N-methyl/N-ethyl adjacent to an activating group) is 2. The number of furan rings is 1. The summed E-state index contributed by atoms with van der Waals surface area (Å²) in [4.78, 5) is 17.2. The maximum absolute atomic E-state index is 12.5. The maximum Gasteiger partial charge on any atom is 0.323 e. The minimum Gasteiger partial charge on any atom is -0.505 e. The van der Waals surface area contributed by atoms with Gasteiger partial charge in [-0.05, 0) is 42.6 Å². The van der Waals surface area contributed by atoms with Crippen molar-refractivity contribution in [2.75, 3.05) is 33.1 Å². The van der Waals surface area contributed by atoms with E-state index >= 15 is 0 Å². The molecule has 2 atom stereocenters. The van der Waals surface area contributed by atoms with Gasteiger partial charge in [0.15, 0.2) is 11.6 Å². The molecule has 1 aromatic heterocycles. The fourth-order valence-corrected chi connectivity index (χ4v) is 5.11. The molecule has 3 rings (SSSR count). The molecule has 2 heterocycles. The summed E-state index contributed by atoms with van der Waals surface area (Å²) in [5.41, 5.74) is 1.32. The second kappa shape index (κ2) is 9.63. The lowest BCUT2D eigenvalue weighted by Crippen LogP contribution is -2.52. The second-order valence-electron chi connectivity index (χ2n) is 9.95. The lowest BCUT2D eigenvalue weighted by Gasteiger charge is -2.34. The molecule has 1 aliphatic heterocycles. The highest BCUT2D eigenvalue weighted by Crippen LogP contribution is 2.35. The van der Waals surface area contributed by atoms with Gasteiger partial charge in [0.25, 0.3) is 5.91 Å². The maximum atomic E-state index is 12.5. The number of nitrogens with zero attached hydrogens (tertiary/aromatic N) is 4. The quantitative estimate of drug-likeness (QED) is 0.619. The van der Waals surface area contributed by atoms with Crippen molar-refractivity contribution in [3.8, 4) is 5.75 Å². The summed E-state index contributed by atoms with van der Waals surface area (Å²) >= 11 is 0. The average molecular weight is 506 g/mol. The second-order valence-corrected chi connectivity index (χ2v) is 11.3. The van der Waals surface area contributed by atoms with Crippen LogP contribution in [0.4, 0.5) is 5.69 Å². The topological polar surface area (TPSA) is 119 Å². The molecule has 0 saturated heterocycles. The van der Waals surface area contributed by atoms with Crippen LogP contribution < -0.4 is 9.62 Å². The molecule has 1 amide bonds. The molecule has 0 fully saturated rings. The van der Waals surface area contributed by atoms with E-state index < -0.39 is 16.4 Å². The number of rotatable bonds is 6. The van der Waals surface area contributed by atoms with E-state index in [-0.39, 0.29) is 40.2 Å². The molecule has 10 nitrogen and oxygen atoms in total. The van der Waals surface area contributed by atoms with Crippen LogP contribution in [0.15, 0.2) is 39.3 Å². The lowest BCUT2D eigenvalue weighted by atomic mass is 9.89. The Labute approximate surface area is 207 Å².